The number of hydrogen-bond acceptors (Lipinski definition) is 7. The van der Waals surface area contributed by atoms with Gasteiger partial charge in [-0.05, 0) is 17.7 Å². The number of aromatic nitrogens is 1. The predicted octanol–water partition coefficient (Wildman–Crippen LogP) is 2.80. The summed E-state index contributed by atoms with van der Waals surface area (Å²) in [4.78, 5) is 30.5. The van der Waals surface area contributed by atoms with E-state index < -0.39 is 40.9 Å². The van der Waals surface area contributed by atoms with Crippen molar-refractivity contribution < 1.29 is 23.4 Å². The van der Waals surface area contributed by atoms with Crippen LogP contribution in [0, 0.1) is 11.6 Å². The molecule has 1 N–H and O–H groups in total. The minimum atomic E-state index is -0.923. The first-order chi connectivity index (χ1) is 18.0. The summed E-state index contributed by atoms with van der Waals surface area (Å²) in [5, 5.41) is 12.6. The second-order valence-electron chi connectivity index (χ2n) is 9.45. The summed E-state index contributed by atoms with van der Waals surface area (Å²) in [5.74, 6) is -2.13. The van der Waals surface area contributed by atoms with E-state index in [0.29, 0.717) is 18.7 Å². The van der Waals surface area contributed by atoms with Crippen LogP contribution in [0.5, 0.6) is 5.75 Å². The van der Waals surface area contributed by atoms with Crippen molar-refractivity contribution in [1.29, 1.82) is 0 Å². The number of carbonyl (C=O) groups excluding carboxylic acids is 1. The summed E-state index contributed by atoms with van der Waals surface area (Å²) in [5.41, 5.74) is 1.77. The molecule has 1 saturated heterocycles. The first-order valence-electron chi connectivity index (χ1n) is 12.0. The molecule has 37 heavy (non-hydrogen) atoms. The molecule has 3 aromatic rings. The Bertz CT molecular complexity index is 1530. The van der Waals surface area contributed by atoms with Crippen molar-refractivity contribution in [3.05, 3.63) is 86.8 Å². The number of carbonyl (C=O) groups is 1. The van der Waals surface area contributed by atoms with Gasteiger partial charge in [-0.25, -0.2) is 8.78 Å². The molecule has 5 heterocycles. The number of thioether (sulfide) groups is 1. The van der Waals surface area contributed by atoms with Gasteiger partial charge in [0.05, 0.1) is 18.9 Å². The van der Waals surface area contributed by atoms with Gasteiger partial charge in [0, 0.05) is 53.7 Å². The molecule has 4 aliphatic heterocycles. The van der Waals surface area contributed by atoms with E-state index in [1.165, 1.54) is 16.9 Å². The number of para-hydroxylation sites is 1. The molecular weight excluding hydrogens is 502 g/mol. The Balaban J connectivity index is 1.56. The number of halogens is 2. The Morgan fingerprint density at radius 1 is 1.05 bits per heavy atom. The number of benzene rings is 2. The van der Waals surface area contributed by atoms with Gasteiger partial charge in [-0.3, -0.25) is 19.3 Å². The lowest BCUT2D eigenvalue weighted by Crippen LogP contribution is -2.66. The van der Waals surface area contributed by atoms with E-state index in [1.807, 2.05) is 23.2 Å². The van der Waals surface area contributed by atoms with Crippen LogP contribution in [-0.2, 0) is 11.3 Å². The molecule has 0 radical (unpaired) electrons. The number of morpholine rings is 1. The fourth-order valence-corrected chi connectivity index (χ4v) is 7.04. The molecular formula is C26H22F2N4O4S. The standard InChI is InChI=1S/C26H22F2N4O4S/c27-17-5-4-14-16(21(17)28)12-29-9-11-37-19-3-1-2-15(23(19)29)22(14)32-20-13-36-10-8-30(20)26(35)24-25(34)18(33)6-7-31(24)32/h1-7,20,22,34H,8-13H2. The van der Waals surface area contributed by atoms with Crippen molar-refractivity contribution >= 4 is 23.4 Å². The average Bonchev–Trinajstić information content (AvgIpc) is 3.05. The van der Waals surface area contributed by atoms with Crippen LogP contribution in [0.15, 0.2) is 52.3 Å². The molecule has 0 bridgehead atoms. The number of fused-ring (bicyclic) bond motifs is 3. The normalized spacial score (nSPS) is 22.1. The molecule has 2 unspecified atom stereocenters. The average molecular weight is 525 g/mol. The summed E-state index contributed by atoms with van der Waals surface area (Å²) in [7, 11) is 0. The van der Waals surface area contributed by atoms with Crippen LogP contribution in [-0.4, -0.2) is 58.8 Å². The number of aromatic hydroxyl groups is 1. The van der Waals surface area contributed by atoms with Crippen LogP contribution in [0.2, 0.25) is 0 Å². The van der Waals surface area contributed by atoms with E-state index in [9.17, 15) is 19.1 Å². The maximum Gasteiger partial charge on any atom is 0.278 e. The number of nitrogens with zero attached hydrogens (tertiary/aromatic N) is 4. The number of ether oxygens (including phenoxy) is 1. The molecule has 2 atom stereocenters. The highest BCUT2D eigenvalue weighted by atomic mass is 32.2. The van der Waals surface area contributed by atoms with Gasteiger partial charge in [-0.15, -0.1) is 11.8 Å². The monoisotopic (exact) mass is 524 g/mol. The highest BCUT2D eigenvalue weighted by Gasteiger charge is 2.47. The molecule has 2 aromatic carbocycles. The molecule has 0 saturated carbocycles. The van der Waals surface area contributed by atoms with Crippen LogP contribution in [0.25, 0.3) is 0 Å². The number of rotatable bonds is 1. The molecule has 1 aromatic heterocycles. The Hall–Kier alpha value is -3.57. The van der Waals surface area contributed by atoms with Gasteiger partial charge in [0.1, 0.15) is 12.2 Å². The second-order valence-corrected chi connectivity index (χ2v) is 10.6. The molecule has 11 heteroatoms. The van der Waals surface area contributed by atoms with Crippen LogP contribution in [0.4, 0.5) is 14.5 Å². The predicted molar refractivity (Wildman–Crippen MR) is 133 cm³/mol. The minimum absolute atomic E-state index is 0.157. The summed E-state index contributed by atoms with van der Waals surface area (Å²) < 4.78 is 37.3. The van der Waals surface area contributed by atoms with Crippen LogP contribution < -0.4 is 15.3 Å². The van der Waals surface area contributed by atoms with Crippen LogP contribution >= 0.6 is 11.8 Å². The van der Waals surface area contributed by atoms with E-state index in [1.54, 1.807) is 22.7 Å². The lowest BCUT2D eigenvalue weighted by atomic mass is 9.93. The van der Waals surface area contributed by atoms with Crippen molar-refractivity contribution in [2.24, 2.45) is 0 Å². The van der Waals surface area contributed by atoms with Gasteiger partial charge in [0.2, 0.25) is 5.43 Å². The fourth-order valence-electron chi connectivity index (χ4n) is 5.95. The first-order valence-corrected chi connectivity index (χ1v) is 13.0. The third kappa shape index (κ3) is 3.16. The molecule has 0 spiro atoms. The van der Waals surface area contributed by atoms with E-state index >= 15 is 4.39 Å². The highest BCUT2D eigenvalue weighted by Crippen LogP contribution is 2.48. The zero-order valence-corrected chi connectivity index (χ0v) is 20.4. The Morgan fingerprint density at radius 2 is 1.92 bits per heavy atom. The van der Waals surface area contributed by atoms with Crippen LogP contribution in [0.1, 0.15) is 33.2 Å². The number of amides is 1. The molecule has 1 fully saturated rings. The van der Waals surface area contributed by atoms with E-state index in [2.05, 4.69) is 4.90 Å². The number of anilines is 1. The summed E-state index contributed by atoms with van der Waals surface area (Å²) in [6.07, 6.45) is 0.841. The first kappa shape index (κ1) is 22.6. The molecule has 7 rings (SSSR count). The fraction of sp³-hybridized carbons (Fsp3) is 0.308. The SMILES string of the molecule is O=C1c2c(O)c(=O)ccn2N(C2c3ccc(F)c(F)c3CN3CCSc4cccc2c43)C2COCCN12. The largest absolute Gasteiger partial charge is 0.502 e. The van der Waals surface area contributed by atoms with Crippen molar-refractivity contribution in [1.82, 2.24) is 9.58 Å². The molecule has 1 amide bonds. The Morgan fingerprint density at radius 3 is 2.78 bits per heavy atom. The third-order valence-corrected chi connectivity index (χ3v) is 8.60. The van der Waals surface area contributed by atoms with Gasteiger partial charge in [0.25, 0.3) is 5.91 Å². The van der Waals surface area contributed by atoms with Crippen LogP contribution in [0.3, 0.4) is 0 Å². The summed E-state index contributed by atoms with van der Waals surface area (Å²) in [6, 6.07) is 9.17. The van der Waals surface area contributed by atoms with Gasteiger partial charge in [-0.2, -0.15) is 0 Å². The van der Waals surface area contributed by atoms with Crippen molar-refractivity contribution in [3.63, 3.8) is 0 Å². The van der Waals surface area contributed by atoms with E-state index in [-0.39, 0.29) is 31.0 Å². The minimum Gasteiger partial charge on any atom is -0.502 e. The Kier molecular flexibility index (Phi) is 5.02. The second kappa shape index (κ2) is 8.22. The lowest BCUT2D eigenvalue weighted by Gasteiger charge is -2.51. The molecule has 190 valence electrons. The summed E-state index contributed by atoms with van der Waals surface area (Å²) >= 11 is 1.71. The van der Waals surface area contributed by atoms with Gasteiger partial charge in [0.15, 0.2) is 23.1 Å². The topological polar surface area (TPSA) is 78.2 Å². The Labute approximate surface area is 214 Å². The lowest BCUT2D eigenvalue weighted by molar-refractivity contribution is -0.0197. The smallest absolute Gasteiger partial charge is 0.278 e. The number of pyridine rings is 1. The molecule has 0 aliphatic carbocycles. The zero-order valence-electron chi connectivity index (χ0n) is 19.6. The van der Waals surface area contributed by atoms with E-state index in [0.717, 1.165) is 28.0 Å². The van der Waals surface area contributed by atoms with Crippen molar-refractivity contribution in [3.8, 4) is 5.75 Å². The number of hydrogen-bond donors (Lipinski definition) is 1. The van der Waals surface area contributed by atoms with Gasteiger partial charge < -0.3 is 19.6 Å². The van der Waals surface area contributed by atoms with Crippen molar-refractivity contribution in [2.75, 3.05) is 42.0 Å². The van der Waals surface area contributed by atoms with Crippen molar-refractivity contribution in [2.45, 2.75) is 23.6 Å². The zero-order chi connectivity index (χ0) is 25.4. The molecule has 4 aliphatic rings. The maximum atomic E-state index is 15.5. The van der Waals surface area contributed by atoms with E-state index in [4.69, 9.17) is 4.74 Å². The maximum absolute atomic E-state index is 15.5. The summed E-state index contributed by atoms with van der Waals surface area (Å²) in [6.45, 7) is 1.59. The highest BCUT2D eigenvalue weighted by molar-refractivity contribution is 7.99. The third-order valence-electron chi connectivity index (χ3n) is 7.57. The quantitative estimate of drug-likeness (QED) is 0.525. The van der Waals surface area contributed by atoms with Gasteiger partial charge in [-0.1, -0.05) is 18.2 Å². The molecule has 8 nitrogen and oxygen atoms in total. The van der Waals surface area contributed by atoms with Gasteiger partial charge >= 0.3 is 0 Å².